The monoisotopic (exact) mass is 333 g/mol. The molecule has 2 aromatic carbocycles. The Balaban J connectivity index is 1.93. The molecule has 22 heavy (non-hydrogen) atoms. The van der Waals surface area contributed by atoms with Gasteiger partial charge in [-0.3, -0.25) is 4.79 Å². The molecule has 0 unspecified atom stereocenters. The third-order valence-corrected chi connectivity index (χ3v) is 4.84. The first-order valence-corrected chi connectivity index (χ1v) is 7.64. The van der Waals surface area contributed by atoms with Gasteiger partial charge in [0, 0.05) is 15.8 Å². The van der Waals surface area contributed by atoms with Crippen LogP contribution in [0, 0.1) is 0 Å². The Morgan fingerprint density at radius 1 is 1.23 bits per heavy atom. The minimum absolute atomic E-state index is 0.144. The predicted molar refractivity (Wildman–Crippen MR) is 89.4 cm³/mol. The van der Waals surface area contributed by atoms with Crippen LogP contribution in [-0.2, 0) is 0 Å². The van der Waals surface area contributed by atoms with Crippen LogP contribution in [0.4, 0.5) is 5.69 Å². The number of halogens is 1. The highest BCUT2D eigenvalue weighted by Gasteiger charge is 2.17. The Bertz CT molecular complexity index is 842. The van der Waals surface area contributed by atoms with Gasteiger partial charge in [-0.2, -0.15) is 0 Å². The van der Waals surface area contributed by atoms with Gasteiger partial charge in [-0.15, -0.1) is 11.3 Å². The first-order valence-electron chi connectivity index (χ1n) is 6.45. The first-order chi connectivity index (χ1) is 10.6. The molecule has 0 saturated carbocycles. The van der Waals surface area contributed by atoms with Crippen molar-refractivity contribution in [3.05, 3.63) is 52.4 Å². The van der Waals surface area contributed by atoms with E-state index in [2.05, 4.69) is 5.32 Å². The van der Waals surface area contributed by atoms with Crippen LogP contribution >= 0.6 is 22.9 Å². The summed E-state index contributed by atoms with van der Waals surface area (Å²) >= 11 is 7.65. The van der Waals surface area contributed by atoms with E-state index in [1.807, 2.05) is 18.2 Å². The molecular weight excluding hydrogens is 322 g/mol. The molecule has 0 spiro atoms. The molecule has 3 rings (SSSR count). The highest BCUT2D eigenvalue weighted by Crippen LogP contribution is 2.37. The fourth-order valence-electron chi connectivity index (χ4n) is 2.05. The van der Waals surface area contributed by atoms with Gasteiger partial charge in [-0.05, 0) is 42.5 Å². The average molecular weight is 334 g/mol. The molecule has 1 aromatic heterocycles. The number of nitrogens with one attached hydrogen (secondary N) is 1. The number of hydrogen-bond donors (Lipinski definition) is 2. The van der Waals surface area contributed by atoms with E-state index >= 15 is 0 Å². The number of anilines is 1. The maximum absolute atomic E-state index is 12.4. The molecular formula is C16H12ClNO3S. The van der Waals surface area contributed by atoms with Gasteiger partial charge in [-0.1, -0.05) is 11.6 Å². The number of phenolic OH excluding ortho intramolecular Hbond substituents is 1. The van der Waals surface area contributed by atoms with Crippen LogP contribution < -0.4 is 10.1 Å². The molecule has 6 heteroatoms. The molecule has 0 fully saturated rings. The molecule has 3 aromatic rings. The standard InChI is InChI=1S/C16H12ClNO3S/c1-21-11-6-7-13-12(8-11)14(17)15(22-13)16(20)18-9-2-4-10(19)5-3-9/h2-8,19H,1H3,(H,18,20). The van der Waals surface area contributed by atoms with Crippen molar-refractivity contribution in [2.75, 3.05) is 12.4 Å². The number of hydrogen-bond acceptors (Lipinski definition) is 4. The zero-order valence-electron chi connectivity index (χ0n) is 11.6. The Labute approximate surface area is 135 Å². The Morgan fingerprint density at radius 3 is 2.64 bits per heavy atom. The number of phenols is 1. The second kappa shape index (κ2) is 5.87. The lowest BCUT2D eigenvalue weighted by molar-refractivity contribution is 0.103. The molecule has 0 atom stereocenters. The Kier molecular flexibility index (Phi) is 3.92. The number of benzene rings is 2. The summed E-state index contributed by atoms with van der Waals surface area (Å²) in [5, 5.41) is 13.2. The van der Waals surface area contributed by atoms with Crippen LogP contribution in [0.5, 0.6) is 11.5 Å². The molecule has 112 valence electrons. The quantitative estimate of drug-likeness (QED) is 0.693. The van der Waals surface area contributed by atoms with Gasteiger partial charge in [0.25, 0.3) is 5.91 Å². The zero-order chi connectivity index (χ0) is 15.7. The number of methoxy groups -OCH3 is 1. The SMILES string of the molecule is COc1ccc2sc(C(=O)Nc3ccc(O)cc3)c(Cl)c2c1. The number of fused-ring (bicyclic) bond motifs is 1. The highest BCUT2D eigenvalue weighted by atomic mass is 35.5. The largest absolute Gasteiger partial charge is 0.508 e. The molecule has 0 aliphatic heterocycles. The van der Waals surface area contributed by atoms with Gasteiger partial charge in [0.15, 0.2) is 0 Å². The molecule has 4 nitrogen and oxygen atoms in total. The smallest absolute Gasteiger partial charge is 0.267 e. The van der Waals surface area contributed by atoms with Crippen molar-refractivity contribution in [1.82, 2.24) is 0 Å². The van der Waals surface area contributed by atoms with Crippen molar-refractivity contribution >= 4 is 44.6 Å². The predicted octanol–water partition coefficient (Wildman–Crippen LogP) is 4.52. The maximum atomic E-state index is 12.4. The minimum Gasteiger partial charge on any atom is -0.508 e. The van der Waals surface area contributed by atoms with E-state index in [0.717, 1.165) is 10.1 Å². The first kappa shape index (κ1) is 14.7. The summed E-state index contributed by atoms with van der Waals surface area (Å²) in [5.74, 6) is 0.554. The van der Waals surface area contributed by atoms with Gasteiger partial charge in [0.05, 0.1) is 12.1 Å². The second-order valence-electron chi connectivity index (χ2n) is 4.61. The van der Waals surface area contributed by atoms with Gasteiger partial charge >= 0.3 is 0 Å². The van der Waals surface area contributed by atoms with Crippen molar-refractivity contribution in [2.24, 2.45) is 0 Å². The summed E-state index contributed by atoms with van der Waals surface area (Å²) in [4.78, 5) is 12.8. The number of ether oxygens (including phenoxy) is 1. The molecule has 0 bridgehead atoms. The average Bonchev–Trinajstić information content (AvgIpc) is 2.86. The van der Waals surface area contributed by atoms with Crippen LogP contribution in [0.15, 0.2) is 42.5 Å². The van der Waals surface area contributed by atoms with E-state index in [1.54, 1.807) is 19.2 Å². The van der Waals surface area contributed by atoms with E-state index < -0.39 is 0 Å². The third kappa shape index (κ3) is 2.73. The van der Waals surface area contributed by atoms with Crippen LogP contribution in [0.25, 0.3) is 10.1 Å². The molecule has 0 aliphatic rings. The van der Waals surface area contributed by atoms with Gasteiger partial charge in [0.1, 0.15) is 16.4 Å². The second-order valence-corrected chi connectivity index (χ2v) is 6.04. The van der Waals surface area contributed by atoms with Crippen molar-refractivity contribution in [3.8, 4) is 11.5 Å². The van der Waals surface area contributed by atoms with E-state index in [1.165, 1.54) is 23.5 Å². The summed E-state index contributed by atoms with van der Waals surface area (Å²) in [6.45, 7) is 0. The zero-order valence-corrected chi connectivity index (χ0v) is 13.2. The third-order valence-electron chi connectivity index (χ3n) is 3.17. The van der Waals surface area contributed by atoms with E-state index in [4.69, 9.17) is 16.3 Å². The number of amides is 1. The number of carbonyl (C=O) groups excluding carboxylic acids is 1. The summed E-state index contributed by atoms with van der Waals surface area (Å²) < 4.78 is 6.09. The summed E-state index contributed by atoms with van der Waals surface area (Å²) in [5.41, 5.74) is 0.592. The number of aromatic hydroxyl groups is 1. The molecule has 1 heterocycles. The topological polar surface area (TPSA) is 58.6 Å². The lowest BCUT2D eigenvalue weighted by atomic mass is 10.2. The van der Waals surface area contributed by atoms with Gasteiger partial charge in [0.2, 0.25) is 0 Å². The fraction of sp³-hybridized carbons (Fsp3) is 0.0625. The highest BCUT2D eigenvalue weighted by molar-refractivity contribution is 7.21. The van der Waals surface area contributed by atoms with Gasteiger partial charge in [-0.25, -0.2) is 0 Å². The molecule has 2 N–H and O–H groups in total. The number of thiophene rings is 1. The molecule has 0 radical (unpaired) electrons. The Morgan fingerprint density at radius 2 is 1.95 bits per heavy atom. The van der Waals surface area contributed by atoms with Crippen molar-refractivity contribution in [2.45, 2.75) is 0 Å². The van der Waals surface area contributed by atoms with Crippen LogP contribution in [0.3, 0.4) is 0 Å². The van der Waals surface area contributed by atoms with Gasteiger partial charge < -0.3 is 15.2 Å². The summed E-state index contributed by atoms with van der Waals surface area (Å²) in [6, 6.07) is 11.8. The number of rotatable bonds is 3. The maximum Gasteiger partial charge on any atom is 0.267 e. The molecule has 1 amide bonds. The number of carbonyl (C=O) groups is 1. The normalized spacial score (nSPS) is 10.6. The van der Waals surface area contributed by atoms with Crippen molar-refractivity contribution < 1.29 is 14.6 Å². The lowest BCUT2D eigenvalue weighted by Gasteiger charge is -2.04. The van der Waals surface area contributed by atoms with E-state index in [0.29, 0.717) is 21.3 Å². The van der Waals surface area contributed by atoms with Crippen molar-refractivity contribution in [3.63, 3.8) is 0 Å². The summed E-state index contributed by atoms with van der Waals surface area (Å²) in [7, 11) is 1.58. The minimum atomic E-state index is -0.282. The van der Waals surface area contributed by atoms with E-state index in [9.17, 15) is 9.90 Å². The molecule has 0 aliphatic carbocycles. The molecule has 0 saturated heterocycles. The fourth-order valence-corrected chi connectivity index (χ4v) is 3.44. The van der Waals surface area contributed by atoms with Crippen LogP contribution in [-0.4, -0.2) is 18.1 Å². The van der Waals surface area contributed by atoms with Crippen LogP contribution in [0.2, 0.25) is 5.02 Å². The lowest BCUT2D eigenvalue weighted by Crippen LogP contribution is -2.10. The van der Waals surface area contributed by atoms with Crippen molar-refractivity contribution in [1.29, 1.82) is 0 Å². The summed E-state index contributed by atoms with van der Waals surface area (Å²) in [6.07, 6.45) is 0. The Hall–Kier alpha value is -2.24. The van der Waals surface area contributed by atoms with E-state index in [-0.39, 0.29) is 11.7 Å². The van der Waals surface area contributed by atoms with Crippen LogP contribution in [0.1, 0.15) is 9.67 Å².